The summed E-state index contributed by atoms with van der Waals surface area (Å²) in [6.45, 7) is 6.99. The van der Waals surface area contributed by atoms with Gasteiger partial charge in [-0.1, -0.05) is 13.8 Å². The van der Waals surface area contributed by atoms with E-state index in [1.165, 1.54) is 25.3 Å². The predicted octanol–water partition coefficient (Wildman–Crippen LogP) is 3.55. The van der Waals surface area contributed by atoms with Crippen LogP contribution in [0.1, 0.15) is 30.6 Å². The number of nitrogens with zero attached hydrogens (tertiary/aromatic N) is 3. The van der Waals surface area contributed by atoms with Gasteiger partial charge >= 0.3 is 5.69 Å². The molecule has 32 heavy (non-hydrogen) atoms. The van der Waals surface area contributed by atoms with Crippen LogP contribution in [0.5, 0.6) is 5.75 Å². The van der Waals surface area contributed by atoms with E-state index in [-0.39, 0.29) is 22.9 Å². The molecule has 0 unspecified atom stereocenters. The second kappa shape index (κ2) is 10.1. The number of benzene rings is 2. The highest BCUT2D eigenvalue weighted by Gasteiger charge is 2.22. The number of ether oxygens (including phenoxy) is 1. The Morgan fingerprint density at radius 3 is 2.31 bits per heavy atom. The number of nitro groups is 1. The van der Waals surface area contributed by atoms with Crippen LogP contribution in [0, 0.1) is 16.0 Å². The number of hydrogen-bond donors (Lipinski definition) is 1. The van der Waals surface area contributed by atoms with Crippen LogP contribution in [0.4, 0.5) is 17.1 Å². The molecule has 1 N–H and O–H groups in total. The lowest BCUT2D eigenvalue weighted by molar-refractivity contribution is -0.385. The van der Waals surface area contributed by atoms with Crippen LogP contribution in [-0.4, -0.2) is 54.9 Å². The largest absolute Gasteiger partial charge is 0.490 e. The van der Waals surface area contributed by atoms with Crippen molar-refractivity contribution in [1.29, 1.82) is 0 Å². The standard InChI is InChI=1S/C23H28N4O5/c1-16(2)14-22(28)26-12-10-25(11-13-26)19-7-5-18(6-8-19)24-23(29)17-4-9-21(32-3)20(15-17)27(30)31/h4-9,15-16H,10-14H2,1-3H3,(H,24,29). The zero-order valence-corrected chi connectivity index (χ0v) is 18.5. The Morgan fingerprint density at radius 1 is 1.09 bits per heavy atom. The van der Waals surface area contributed by atoms with Crippen LogP contribution in [0.15, 0.2) is 42.5 Å². The fourth-order valence-corrected chi connectivity index (χ4v) is 3.63. The van der Waals surface area contributed by atoms with E-state index in [0.29, 0.717) is 31.1 Å². The molecule has 2 aromatic carbocycles. The Labute approximate surface area is 187 Å². The van der Waals surface area contributed by atoms with Crippen molar-refractivity contribution in [1.82, 2.24) is 4.90 Å². The van der Waals surface area contributed by atoms with E-state index in [1.807, 2.05) is 30.9 Å². The molecule has 1 aliphatic heterocycles. The van der Waals surface area contributed by atoms with Crippen molar-refractivity contribution in [3.63, 3.8) is 0 Å². The molecule has 170 valence electrons. The Bertz CT molecular complexity index is 982. The molecule has 0 spiro atoms. The number of methoxy groups -OCH3 is 1. The summed E-state index contributed by atoms with van der Waals surface area (Å²) in [5, 5.41) is 13.9. The monoisotopic (exact) mass is 440 g/mol. The minimum Gasteiger partial charge on any atom is -0.490 e. The Hall–Kier alpha value is -3.62. The van der Waals surface area contributed by atoms with Crippen LogP contribution in [0.3, 0.4) is 0 Å². The first-order valence-electron chi connectivity index (χ1n) is 10.5. The van der Waals surface area contributed by atoms with Gasteiger partial charge in [0.1, 0.15) is 0 Å². The van der Waals surface area contributed by atoms with Crippen molar-refractivity contribution in [3.05, 3.63) is 58.1 Å². The highest BCUT2D eigenvalue weighted by atomic mass is 16.6. The van der Waals surface area contributed by atoms with Gasteiger partial charge in [0.25, 0.3) is 5.91 Å². The van der Waals surface area contributed by atoms with Gasteiger partial charge in [-0.2, -0.15) is 0 Å². The topological polar surface area (TPSA) is 105 Å². The van der Waals surface area contributed by atoms with Crippen molar-refractivity contribution in [2.45, 2.75) is 20.3 Å². The first-order chi connectivity index (χ1) is 15.3. The van der Waals surface area contributed by atoms with Gasteiger partial charge in [0, 0.05) is 55.6 Å². The number of carbonyl (C=O) groups is 2. The average Bonchev–Trinajstić information content (AvgIpc) is 2.78. The van der Waals surface area contributed by atoms with Gasteiger partial charge in [0.15, 0.2) is 5.75 Å². The normalized spacial score (nSPS) is 13.8. The fourth-order valence-electron chi connectivity index (χ4n) is 3.63. The Balaban J connectivity index is 1.60. The summed E-state index contributed by atoms with van der Waals surface area (Å²) in [5.41, 5.74) is 1.51. The number of hydrogen-bond acceptors (Lipinski definition) is 6. The molecule has 0 atom stereocenters. The molecule has 2 amide bonds. The third-order valence-electron chi connectivity index (χ3n) is 5.34. The lowest BCUT2D eigenvalue weighted by Crippen LogP contribution is -2.49. The third kappa shape index (κ3) is 5.54. The summed E-state index contributed by atoms with van der Waals surface area (Å²) < 4.78 is 4.97. The Kier molecular flexibility index (Phi) is 7.29. The molecule has 1 fully saturated rings. The van der Waals surface area contributed by atoms with Crippen molar-refractivity contribution in [3.8, 4) is 5.75 Å². The second-order valence-corrected chi connectivity index (χ2v) is 8.11. The zero-order valence-electron chi connectivity index (χ0n) is 18.5. The van der Waals surface area contributed by atoms with Crippen LogP contribution >= 0.6 is 0 Å². The number of carbonyl (C=O) groups excluding carboxylic acids is 2. The van der Waals surface area contributed by atoms with Crippen molar-refractivity contribution >= 4 is 28.9 Å². The Morgan fingerprint density at radius 2 is 1.75 bits per heavy atom. The van der Waals surface area contributed by atoms with E-state index >= 15 is 0 Å². The number of amides is 2. The van der Waals surface area contributed by atoms with Gasteiger partial charge in [0.05, 0.1) is 12.0 Å². The van der Waals surface area contributed by atoms with Crippen molar-refractivity contribution in [2.24, 2.45) is 5.92 Å². The SMILES string of the molecule is COc1ccc(C(=O)Nc2ccc(N3CCN(C(=O)CC(C)C)CC3)cc2)cc1[N+](=O)[O-]. The van der Waals surface area contributed by atoms with Gasteiger partial charge in [-0.3, -0.25) is 19.7 Å². The maximum absolute atomic E-state index is 12.5. The van der Waals surface area contributed by atoms with Crippen LogP contribution in [0.25, 0.3) is 0 Å². The summed E-state index contributed by atoms with van der Waals surface area (Å²) in [4.78, 5) is 39.5. The van der Waals surface area contributed by atoms with E-state index < -0.39 is 10.8 Å². The van der Waals surface area contributed by atoms with Crippen LogP contribution < -0.4 is 15.0 Å². The smallest absolute Gasteiger partial charge is 0.311 e. The molecule has 1 saturated heterocycles. The van der Waals surface area contributed by atoms with Gasteiger partial charge < -0.3 is 19.9 Å². The molecular weight excluding hydrogens is 412 g/mol. The number of nitrogens with one attached hydrogen (secondary N) is 1. The van der Waals surface area contributed by atoms with Gasteiger partial charge in [-0.05, 0) is 42.3 Å². The van der Waals surface area contributed by atoms with E-state index in [9.17, 15) is 19.7 Å². The fraction of sp³-hybridized carbons (Fsp3) is 0.391. The molecule has 9 heteroatoms. The van der Waals surface area contributed by atoms with Crippen molar-refractivity contribution < 1.29 is 19.2 Å². The highest BCUT2D eigenvalue weighted by molar-refractivity contribution is 6.04. The summed E-state index contributed by atoms with van der Waals surface area (Å²) in [7, 11) is 1.34. The summed E-state index contributed by atoms with van der Waals surface area (Å²) >= 11 is 0. The van der Waals surface area contributed by atoms with E-state index in [4.69, 9.17) is 4.74 Å². The van der Waals surface area contributed by atoms with Gasteiger partial charge in [0.2, 0.25) is 5.91 Å². The molecule has 0 aliphatic carbocycles. The van der Waals surface area contributed by atoms with E-state index in [0.717, 1.165) is 18.8 Å². The maximum atomic E-state index is 12.5. The molecule has 1 aliphatic rings. The van der Waals surface area contributed by atoms with Crippen LogP contribution in [0.2, 0.25) is 0 Å². The molecule has 9 nitrogen and oxygen atoms in total. The van der Waals surface area contributed by atoms with E-state index in [2.05, 4.69) is 10.2 Å². The van der Waals surface area contributed by atoms with Crippen LogP contribution in [-0.2, 0) is 4.79 Å². The molecule has 3 rings (SSSR count). The lowest BCUT2D eigenvalue weighted by atomic mass is 10.1. The number of anilines is 2. The molecular formula is C23H28N4O5. The number of nitro benzene ring substituents is 1. The number of piperazine rings is 1. The lowest BCUT2D eigenvalue weighted by Gasteiger charge is -2.36. The molecule has 2 aromatic rings. The summed E-state index contributed by atoms with van der Waals surface area (Å²) in [5.74, 6) is 0.214. The van der Waals surface area contributed by atoms with Gasteiger partial charge in [-0.15, -0.1) is 0 Å². The quantitative estimate of drug-likeness (QED) is 0.521. The minimum absolute atomic E-state index is 0.0990. The first-order valence-corrected chi connectivity index (χ1v) is 10.5. The molecule has 1 heterocycles. The summed E-state index contributed by atoms with van der Waals surface area (Å²) in [6, 6.07) is 11.5. The molecule has 0 bridgehead atoms. The highest BCUT2D eigenvalue weighted by Crippen LogP contribution is 2.28. The van der Waals surface area contributed by atoms with E-state index in [1.54, 1.807) is 12.1 Å². The summed E-state index contributed by atoms with van der Waals surface area (Å²) in [6.07, 6.45) is 0.575. The molecule has 0 saturated carbocycles. The second-order valence-electron chi connectivity index (χ2n) is 8.11. The predicted molar refractivity (Wildman–Crippen MR) is 122 cm³/mol. The minimum atomic E-state index is -0.583. The average molecular weight is 441 g/mol. The zero-order chi connectivity index (χ0) is 23.3. The number of rotatable bonds is 7. The molecule has 0 radical (unpaired) electrons. The van der Waals surface area contributed by atoms with Gasteiger partial charge in [-0.25, -0.2) is 0 Å². The molecule has 0 aromatic heterocycles. The third-order valence-corrected chi connectivity index (χ3v) is 5.34. The van der Waals surface area contributed by atoms with Crippen molar-refractivity contribution in [2.75, 3.05) is 43.5 Å². The first kappa shape index (κ1) is 23.1. The maximum Gasteiger partial charge on any atom is 0.311 e.